The van der Waals surface area contributed by atoms with Crippen molar-refractivity contribution in [2.75, 3.05) is 13.7 Å². The Labute approximate surface area is 60.6 Å². The molecule has 2 nitrogen and oxygen atoms in total. The number of hydrogen-bond donors (Lipinski definition) is 0. The summed E-state index contributed by atoms with van der Waals surface area (Å²) in [6.07, 6.45) is 5.59. The van der Waals surface area contributed by atoms with Gasteiger partial charge in [0.1, 0.15) is 0 Å². The maximum atomic E-state index is 4.97. The summed E-state index contributed by atoms with van der Waals surface area (Å²) in [5.41, 5.74) is 1.10. The van der Waals surface area contributed by atoms with Crippen LogP contribution in [0.2, 0.25) is 0 Å². The van der Waals surface area contributed by atoms with Crippen LogP contribution in [0.25, 0.3) is 0 Å². The molecule has 2 rings (SSSR count). The van der Waals surface area contributed by atoms with Crippen LogP contribution in [0.3, 0.4) is 0 Å². The molecule has 54 valence electrons. The van der Waals surface area contributed by atoms with E-state index in [4.69, 9.17) is 4.74 Å². The molecule has 1 saturated carbocycles. The van der Waals surface area contributed by atoms with Crippen molar-refractivity contribution < 1.29 is 4.74 Å². The van der Waals surface area contributed by atoms with Gasteiger partial charge in [0.15, 0.2) is 0 Å². The minimum Gasteiger partial charge on any atom is -0.378 e. The summed E-state index contributed by atoms with van der Waals surface area (Å²) >= 11 is 0. The van der Waals surface area contributed by atoms with Gasteiger partial charge in [0.2, 0.25) is 0 Å². The lowest BCUT2D eigenvalue weighted by molar-refractivity contribution is 0.224. The maximum absolute atomic E-state index is 4.97. The van der Waals surface area contributed by atoms with Crippen molar-refractivity contribution in [2.45, 2.75) is 6.42 Å². The quantitative estimate of drug-likeness (QED) is 0.561. The van der Waals surface area contributed by atoms with Crippen LogP contribution < -0.4 is 0 Å². The van der Waals surface area contributed by atoms with E-state index in [1.807, 2.05) is 0 Å². The van der Waals surface area contributed by atoms with E-state index in [1.165, 1.54) is 6.42 Å². The summed E-state index contributed by atoms with van der Waals surface area (Å²) in [5, 5.41) is 0. The fourth-order valence-corrected chi connectivity index (χ4v) is 1.31. The molecule has 2 aliphatic rings. The molecule has 0 amide bonds. The summed E-state index contributed by atoms with van der Waals surface area (Å²) in [6.45, 7) is 0.666. The van der Waals surface area contributed by atoms with Crippen LogP contribution in [0.4, 0.5) is 0 Å². The summed E-state index contributed by atoms with van der Waals surface area (Å²) < 4.78 is 4.97. The second-order valence-corrected chi connectivity index (χ2v) is 2.93. The Morgan fingerprint density at radius 1 is 1.70 bits per heavy atom. The van der Waals surface area contributed by atoms with Gasteiger partial charge in [-0.1, -0.05) is 6.08 Å². The van der Waals surface area contributed by atoms with E-state index < -0.39 is 0 Å². The number of allylic oxidation sites excluding steroid dienone is 1. The molecule has 0 bridgehead atoms. The van der Waals surface area contributed by atoms with Crippen LogP contribution in [0.5, 0.6) is 0 Å². The van der Waals surface area contributed by atoms with Gasteiger partial charge in [-0.3, -0.25) is 4.99 Å². The Morgan fingerprint density at radius 3 is 3.30 bits per heavy atom. The molecule has 1 heterocycles. The number of ether oxygens (including phenoxy) is 1. The molecule has 2 heteroatoms. The van der Waals surface area contributed by atoms with E-state index in [9.17, 15) is 0 Å². The van der Waals surface area contributed by atoms with Gasteiger partial charge in [-0.15, -0.1) is 0 Å². The topological polar surface area (TPSA) is 21.6 Å². The molecule has 0 radical (unpaired) electrons. The predicted octanol–water partition coefficient (Wildman–Crippen LogP) is 1.24. The molecule has 1 fully saturated rings. The minimum absolute atomic E-state index is 0.666. The summed E-state index contributed by atoms with van der Waals surface area (Å²) in [4.78, 5) is 4.25. The third-order valence-corrected chi connectivity index (χ3v) is 2.02. The molecule has 1 aliphatic heterocycles. The number of fused-ring (bicyclic) bond motifs is 1. The molecule has 1 aliphatic carbocycles. The molecule has 2 unspecified atom stereocenters. The summed E-state index contributed by atoms with van der Waals surface area (Å²) in [5.74, 6) is 1.56. The standard InChI is InChI=1S/C8H11NO/c1-10-5-8-3-6-2-7(6)4-9-8/h3-4,6-7H,2,5H2,1H3. The molecule has 0 N–H and O–H groups in total. The molecule has 0 aromatic rings. The van der Waals surface area contributed by atoms with Crippen molar-refractivity contribution in [3.8, 4) is 0 Å². The van der Waals surface area contributed by atoms with E-state index in [-0.39, 0.29) is 0 Å². The van der Waals surface area contributed by atoms with Crippen LogP contribution in [0.1, 0.15) is 6.42 Å². The first-order valence-electron chi connectivity index (χ1n) is 3.64. The van der Waals surface area contributed by atoms with Crippen molar-refractivity contribution in [1.82, 2.24) is 0 Å². The highest BCUT2D eigenvalue weighted by Gasteiger charge is 2.35. The normalized spacial score (nSPS) is 35.1. The Bertz CT molecular complexity index is 195. The van der Waals surface area contributed by atoms with Gasteiger partial charge in [-0.25, -0.2) is 0 Å². The first kappa shape index (κ1) is 6.10. The van der Waals surface area contributed by atoms with Crippen LogP contribution >= 0.6 is 0 Å². The Morgan fingerprint density at radius 2 is 2.60 bits per heavy atom. The predicted molar refractivity (Wildman–Crippen MR) is 40.0 cm³/mol. The molecule has 2 atom stereocenters. The van der Waals surface area contributed by atoms with Gasteiger partial charge in [0, 0.05) is 19.2 Å². The van der Waals surface area contributed by atoms with E-state index in [0.29, 0.717) is 6.61 Å². The van der Waals surface area contributed by atoms with Gasteiger partial charge in [0.05, 0.1) is 12.3 Å². The molecular weight excluding hydrogens is 126 g/mol. The minimum atomic E-state index is 0.666. The fourth-order valence-electron chi connectivity index (χ4n) is 1.31. The monoisotopic (exact) mass is 137 g/mol. The van der Waals surface area contributed by atoms with Gasteiger partial charge in [-0.05, 0) is 12.3 Å². The number of aliphatic imine (C=N–C) groups is 1. The van der Waals surface area contributed by atoms with Gasteiger partial charge in [0.25, 0.3) is 0 Å². The van der Waals surface area contributed by atoms with E-state index in [1.54, 1.807) is 7.11 Å². The highest BCUT2D eigenvalue weighted by atomic mass is 16.5. The average Bonchev–Trinajstić information content (AvgIpc) is 2.66. The van der Waals surface area contributed by atoms with E-state index in [2.05, 4.69) is 17.3 Å². The first-order valence-corrected chi connectivity index (χ1v) is 3.64. The smallest absolute Gasteiger partial charge is 0.0880 e. The lowest BCUT2D eigenvalue weighted by Gasteiger charge is -2.02. The third kappa shape index (κ3) is 0.991. The van der Waals surface area contributed by atoms with E-state index in [0.717, 1.165) is 17.5 Å². The average molecular weight is 137 g/mol. The zero-order valence-corrected chi connectivity index (χ0v) is 6.08. The summed E-state index contributed by atoms with van der Waals surface area (Å²) in [7, 11) is 1.70. The first-order chi connectivity index (χ1) is 4.90. The SMILES string of the molecule is COCC1=CC2CC2C=N1. The molecule has 0 aromatic carbocycles. The zero-order chi connectivity index (χ0) is 6.97. The van der Waals surface area contributed by atoms with Crippen LogP contribution in [0, 0.1) is 11.8 Å². The van der Waals surface area contributed by atoms with Crippen molar-refractivity contribution in [3.05, 3.63) is 11.8 Å². The number of hydrogen-bond acceptors (Lipinski definition) is 2. The largest absolute Gasteiger partial charge is 0.378 e. The van der Waals surface area contributed by atoms with Gasteiger partial charge < -0.3 is 4.74 Å². The van der Waals surface area contributed by atoms with Crippen LogP contribution in [0.15, 0.2) is 16.8 Å². The van der Waals surface area contributed by atoms with Crippen molar-refractivity contribution in [1.29, 1.82) is 0 Å². The van der Waals surface area contributed by atoms with Crippen molar-refractivity contribution >= 4 is 6.21 Å². The maximum Gasteiger partial charge on any atom is 0.0880 e. The molecule has 0 spiro atoms. The highest BCUT2D eigenvalue weighted by molar-refractivity contribution is 5.68. The lowest BCUT2D eigenvalue weighted by atomic mass is 10.2. The second-order valence-electron chi connectivity index (χ2n) is 2.93. The Kier molecular flexibility index (Phi) is 1.34. The Hall–Kier alpha value is -0.630. The number of rotatable bonds is 2. The number of nitrogens with zero attached hydrogens (tertiary/aromatic N) is 1. The molecule has 0 aromatic heterocycles. The molecule has 10 heavy (non-hydrogen) atoms. The molecule has 0 saturated heterocycles. The van der Waals surface area contributed by atoms with Gasteiger partial charge >= 0.3 is 0 Å². The lowest BCUT2D eigenvalue weighted by Crippen LogP contribution is -1.97. The Balaban J connectivity index is 2.02. The number of methoxy groups -OCH3 is 1. The zero-order valence-electron chi connectivity index (χ0n) is 6.08. The van der Waals surface area contributed by atoms with Crippen LogP contribution in [-0.2, 0) is 4.74 Å². The van der Waals surface area contributed by atoms with Crippen molar-refractivity contribution in [3.63, 3.8) is 0 Å². The van der Waals surface area contributed by atoms with E-state index >= 15 is 0 Å². The summed E-state index contributed by atoms with van der Waals surface area (Å²) in [6, 6.07) is 0. The molecular formula is C8H11NO. The van der Waals surface area contributed by atoms with Crippen LogP contribution in [-0.4, -0.2) is 19.9 Å². The van der Waals surface area contributed by atoms with Gasteiger partial charge in [-0.2, -0.15) is 0 Å². The third-order valence-electron chi connectivity index (χ3n) is 2.02. The second kappa shape index (κ2) is 2.20. The fraction of sp³-hybridized carbons (Fsp3) is 0.625. The highest BCUT2D eigenvalue weighted by Crippen LogP contribution is 2.41. The van der Waals surface area contributed by atoms with Crippen molar-refractivity contribution in [2.24, 2.45) is 16.8 Å².